The first kappa shape index (κ1) is 12.4. The first-order valence-corrected chi connectivity index (χ1v) is 7.27. The van der Waals surface area contributed by atoms with Crippen LogP contribution in [0.25, 0.3) is 0 Å². The van der Waals surface area contributed by atoms with E-state index in [0.29, 0.717) is 5.92 Å². The Bertz CT molecular complexity index is 327. The summed E-state index contributed by atoms with van der Waals surface area (Å²) < 4.78 is 11.5. The maximum Gasteiger partial charge on any atom is 0.251 e. The van der Waals surface area contributed by atoms with E-state index in [1.54, 1.807) is 0 Å². The molecule has 0 aromatic rings. The van der Waals surface area contributed by atoms with E-state index >= 15 is 0 Å². The number of ether oxygens (including phenoxy) is 2. The van der Waals surface area contributed by atoms with E-state index in [-0.39, 0.29) is 17.6 Å². The van der Waals surface area contributed by atoms with Crippen molar-refractivity contribution in [2.45, 2.75) is 50.7 Å². The number of rotatable bonds is 2. The minimum atomic E-state index is -0.177. The van der Waals surface area contributed by atoms with E-state index in [1.165, 1.54) is 6.42 Å². The smallest absolute Gasteiger partial charge is 0.251 e. The van der Waals surface area contributed by atoms with Gasteiger partial charge >= 0.3 is 0 Å². The highest BCUT2D eigenvalue weighted by atomic mass is 16.5. The zero-order chi connectivity index (χ0) is 12.6. The van der Waals surface area contributed by atoms with Crippen LogP contribution in [0.2, 0.25) is 0 Å². The lowest BCUT2D eigenvalue weighted by molar-refractivity contribution is -0.140. The minimum absolute atomic E-state index is 0.0328. The molecule has 3 aliphatic heterocycles. The molecule has 0 N–H and O–H groups in total. The lowest BCUT2D eigenvalue weighted by atomic mass is 9.92. The first-order valence-electron chi connectivity index (χ1n) is 7.27. The van der Waals surface area contributed by atoms with Crippen molar-refractivity contribution in [3.63, 3.8) is 0 Å². The maximum atomic E-state index is 12.3. The molecular formula is C14H23NO3. The Labute approximate surface area is 109 Å². The summed E-state index contributed by atoms with van der Waals surface area (Å²) in [6, 6.07) is 0. The van der Waals surface area contributed by atoms with Gasteiger partial charge in [0.05, 0.1) is 12.2 Å². The van der Waals surface area contributed by atoms with Gasteiger partial charge in [-0.05, 0) is 31.6 Å². The molecule has 1 spiro atoms. The van der Waals surface area contributed by atoms with Gasteiger partial charge in [-0.15, -0.1) is 0 Å². The van der Waals surface area contributed by atoms with Crippen molar-refractivity contribution in [3.05, 3.63) is 0 Å². The van der Waals surface area contributed by atoms with Gasteiger partial charge in [0.15, 0.2) is 0 Å². The normalized spacial score (nSPS) is 39.9. The number of amides is 1. The van der Waals surface area contributed by atoms with Gasteiger partial charge in [0.2, 0.25) is 0 Å². The molecule has 4 heteroatoms. The van der Waals surface area contributed by atoms with Crippen LogP contribution in [0.5, 0.6) is 0 Å². The summed E-state index contributed by atoms with van der Waals surface area (Å²) in [6.45, 7) is 5.46. The Balaban J connectivity index is 1.59. The molecule has 18 heavy (non-hydrogen) atoms. The fraction of sp³-hybridized carbons (Fsp3) is 0.929. The van der Waals surface area contributed by atoms with Crippen molar-refractivity contribution in [2.24, 2.45) is 5.92 Å². The summed E-state index contributed by atoms with van der Waals surface area (Å²) in [5.41, 5.74) is -0.0328. The van der Waals surface area contributed by atoms with Crippen molar-refractivity contribution >= 4 is 5.91 Å². The lowest BCUT2D eigenvalue weighted by Gasteiger charge is -2.24. The number of likely N-dealkylation sites (tertiary alicyclic amines) is 1. The van der Waals surface area contributed by atoms with Gasteiger partial charge in [-0.2, -0.15) is 0 Å². The second-order valence-corrected chi connectivity index (χ2v) is 5.98. The van der Waals surface area contributed by atoms with E-state index in [9.17, 15) is 4.79 Å². The van der Waals surface area contributed by atoms with Crippen LogP contribution in [-0.4, -0.2) is 48.8 Å². The predicted molar refractivity (Wildman–Crippen MR) is 67.3 cm³/mol. The second-order valence-electron chi connectivity index (χ2n) is 5.98. The van der Waals surface area contributed by atoms with Crippen LogP contribution < -0.4 is 0 Å². The molecule has 3 aliphatic rings. The Morgan fingerprint density at radius 1 is 1.50 bits per heavy atom. The molecule has 0 aliphatic carbocycles. The molecule has 0 radical (unpaired) electrons. The third-order valence-electron chi connectivity index (χ3n) is 4.70. The fourth-order valence-electron chi connectivity index (χ4n) is 3.49. The van der Waals surface area contributed by atoms with E-state index in [0.717, 1.165) is 52.0 Å². The largest absolute Gasteiger partial charge is 0.373 e. The Kier molecular flexibility index (Phi) is 3.32. The van der Waals surface area contributed by atoms with Gasteiger partial charge in [-0.3, -0.25) is 4.79 Å². The summed E-state index contributed by atoms with van der Waals surface area (Å²) in [6.07, 6.45) is 5.04. The van der Waals surface area contributed by atoms with E-state index in [1.807, 2.05) is 4.90 Å². The second kappa shape index (κ2) is 4.82. The molecule has 0 bridgehead atoms. The molecule has 102 valence electrons. The van der Waals surface area contributed by atoms with Crippen molar-refractivity contribution in [1.29, 1.82) is 0 Å². The lowest BCUT2D eigenvalue weighted by Crippen LogP contribution is -2.40. The van der Waals surface area contributed by atoms with Crippen molar-refractivity contribution in [1.82, 2.24) is 4.90 Å². The van der Waals surface area contributed by atoms with E-state index in [2.05, 4.69) is 6.92 Å². The van der Waals surface area contributed by atoms with Gasteiger partial charge in [-0.1, -0.05) is 13.3 Å². The van der Waals surface area contributed by atoms with Crippen LogP contribution in [0.4, 0.5) is 0 Å². The average molecular weight is 253 g/mol. The highest BCUT2D eigenvalue weighted by Crippen LogP contribution is 2.39. The molecule has 0 saturated carbocycles. The van der Waals surface area contributed by atoms with E-state index in [4.69, 9.17) is 9.47 Å². The molecule has 0 aromatic heterocycles. The Hall–Kier alpha value is -0.610. The molecule has 3 rings (SSSR count). The maximum absolute atomic E-state index is 12.3. The zero-order valence-electron chi connectivity index (χ0n) is 11.2. The third kappa shape index (κ3) is 2.16. The topological polar surface area (TPSA) is 38.8 Å². The summed E-state index contributed by atoms with van der Waals surface area (Å²) in [5.74, 6) is 0.871. The molecule has 0 unspecified atom stereocenters. The van der Waals surface area contributed by atoms with Crippen LogP contribution in [-0.2, 0) is 14.3 Å². The van der Waals surface area contributed by atoms with Crippen molar-refractivity contribution < 1.29 is 14.3 Å². The number of carbonyl (C=O) groups excluding carboxylic acids is 1. The van der Waals surface area contributed by atoms with Crippen molar-refractivity contribution in [3.8, 4) is 0 Å². The van der Waals surface area contributed by atoms with Gasteiger partial charge < -0.3 is 14.4 Å². The van der Waals surface area contributed by atoms with Crippen LogP contribution >= 0.6 is 0 Å². The number of nitrogens with zero attached hydrogens (tertiary/aromatic N) is 1. The van der Waals surface area contributed by atoms with E-state index < -0.39 is 0 Å². The third-order valence-corrected chi connectivity index (χ3v) is 4.70. The minimum Gasteiger partial charge on any atom is -0.373 e. The summed E-state index contributed by atoms with van der Waals surface area (Å²) in [4.78, 5) is 14.3. The highest BCUT2D eigenvalue weighted by molar-refractivity contribution is 5.81. The van der Waals surface area contributed by atoms with Gasteiger partial charge in [-0.25, -0.2) is 0 Å². The molecule has 1 amide bonds. The molecule has 3 heterocycles. The van der Waals surface area contributed by atoms with Gasteiger partial charge in [0, 0.05) is 19.7 Å². The number of hydrogen-bond acceptors (Lipinski definition) is 3. The zero-order valence-corrected chi connectivity index (χ0v) is 11.2. The summed E-state index contributed by atoms with van der Waals surface area (Å²) in [7, 11) is 0. The van der Waals surface area contributed by atoms with Gasteiger partial charge in [0.1, 0.15) is 6.10 Å². The fourth-order valence-corrected chi connectivity index (χ4v) is 3.49. The SMILES string of the molecule is CC[C@@H]1CO[C@]2(CCN(C(=O)[C@H]3CCCO3)C2)C1. The Morgan fingerprint density at radius 2 is 2.39 bits per heavy atom. The van der Waals surface area contributed by atoms with Crippen molar-refractivity contribution in [2.75, 3.05) is 26.3 Å². The van der Waals surface area contributed by atoms with Gasteiger partial charge in [0.25, 0.3) is 5.91 Å². The quantitative estimate of drug-likeness (QED) is 0.750. The molecular weight excluding hydrogens is 230 g/mol. The standard InChI is InChI=1S/C14H23NO3/c1-2-11-8-14(18-9-11)5-6-15(10-14)13(16)12-4-3-7-17-12/h11-12H,2-10H2,1H3/t11-,12+,14+/m0/s1. The Morgan fingerprint density at radius 3 is 3.06 bits per heavy atom. The predicted octanol–water partition coefficient (Wildman–Crippen LogP) is 1.58. The number of carbonyl (C=O) groups is 1. The number of hydrogen-bond donors (Lipinski definition) is 0. The van der Waals surface area contributed by atoms with Crippen LogP contribution in [0, 0.1) is 5.92 Å². The average Bonchev–Trinajstić information content (AvgIpc) is 3.10. The molecule has 4 nitrogen and oxygen atoms in total. The summed E-state index contributed by atoms with van der Waals surface area (Å²) >= 11 is 0. The molecule has 3 saturated heterocycles. The first-order chi connectivity index (χ1) is 8.72. The highest BCUT2D eigenvalue weighted by Gasteiger charge is 2.47. The molecule has 3 atom stereocenters. The van der Waals surface area contributed by atoms with Crippen LogP contribution in [0.1, 0.15) is 39.0 Å². The molecule has 0 aromatic carbocycles. The van der Waals surface area contributed by atoms with Crippen LogP contribution in [0.3, 0.4) is 0 Å². The van der Waals surface area contributed by atoms with Crippen LogP contribution in [0.15, 0.2) is 0 Å². The monoisotopic (exact) mass is 253 g/mol. The molecule has 3 fully saturated rings. The summed E-state index contributed by atoms with van der Waals surface area (Å²) in [5, 5.41) is 0.